The lowest BCUT2D eigenvalue weighted by Crippen LogP contribution is -2.37. The van der Waals surface area contributed by atoms with E-state index in [1.54, 1.807) is 0 Å². The van der Waals surface area contributed by atoms with Gasteiger partial charge in [-0.1, -0.05) is 157 Å². The Morgan fingerprint density at radius 3 is 1.51 bits per heavy atom. The molecule has 2 unspecified atom stereocenters. The van der Waals surface area contributed by atoms with Crippen molar-refractivity contribution in [3.8, 4) is 0 Å². The molecule has 0 saturated heterocycles. The van der Waals surface area contributed by atoms with Gasteiger partial charge in [-0.15, -0.1) is 0 Å². The van der Waals surface area contributed by atoms with E-state index < -0.39 is 32.5 Å². The third-order valence-electron chi connectivity index (χ3n) is 9.16. The van der Waals surface area contributed by atoms with Gasteiger partial charge in [0.1, 0.15) is 19.8 Å². The Hall–Kier alpha value is -2.81. The molecule has 0 aliphatic carbocycles. The Kier molecular flexibility index (Phi) is 38.7. The number of unbranched alkanes of at least 4 members (excludes halogenated alkanes) is 12. The van der Waals surface area contributed by atoms with Gasteiger partial charge in [0.2, 0.25) is 0 Å². The zero-order chi connectivity index (χ0) is 43.6. The molecule has 0 aliphatic heterocycles. The Bertz CT molecular complexity index is 1280. The summed E-state index contributed by atoms with van der Waals surface area (Å²) in [6.45, 7) is 4.00. The van der Waals surface area contributed by atoms with Gasteiger partial charge >= 0.3 is 11.9 Å². The maximum atomic E-state index is 12.7. The SMILES string of the molecule is CC/C=C\C/C=C\C/C=C\C/C=C\C/C=C\C/C=C\CCC(=O)OC(COC(=O)CCCCCCC/C=C\CCCCCCCCC)COP(=O)([O-])OCC[N+](C)(C)C. The summed E-state index contributed by atoms with van der Waals surface area (Å²) in [6.07, 6.45) is 52.0. The molecule has 0 aromatic heterocycles. The first-order valence-electron chi connectivity index (χ1n) is 22.8. The van der Waals surface area contributed by atoms with E-state index in [1.165, 1.54) is 51.4 Å². The quantitative estimate of drug-likeness (QED) is 0.0197. The van der Waals surface area contributed by atoms with Gasteiger partial charge in [-0.3, -0.25) is 14.2 Å². The number of phosphoric acid groups is 1. The molecule has 2 atom stereocenters. The Labute approximate surface area is 361 Å². The number of phosphoric ester groups is 1. The first-order chi connectivity index (χ1) is 28.5. The molecule has 0 N–H and O–H groups in total. The number of carbonyl (C=O) groups excluding carboxylic acids is 2. The highest BCUT2D eigenvalue weighted by Crippen LogP contribution is 2.38. The summed E-state index contributed by atoms with van der Waals surface area (Å²) in [5, 5.41) is 0. The van der Waals surface area contributed by atoms with Crippen LogP contribution < -0.4 is 4.89 Å². The Morgan fingerprint density at radius 2 is 1.00 bits per heavy atom. The number of likely N-dealkylation sites (N-methyl/N-ethyl adjacent to an activating group) is 1. The summed E-state index contributed by atoms with van der Waals surface area (Å²) in [4.78, 5) is 37.5. The minimum absolute atomic E-state index is 0.0499. The molecule has 0 spiro atoms. The smallest absolute Gasteiger partial charge is 0.306 e. The molecule has 59 heavy (non-hydrogen) atoms. The predicted molar refractivity (Wildman–Crippen MR) is 245 cm³/mol. The molecule has 0 radical (unpaired) electrons. The number of esters is 2. The second kappa shape index (κ2) is 40.6. The van der Waals surface area contributed by atoms with Crippen molar-refractivity contribution in [3.05, 3.63) is 85.1 Å². The molecule has 0 amide bonds. The van der Waals surface area contributed by atoms with Crippen LogP contribution in [0.1, 0.15) is 162 Å². The second-order valence-electron chi connectivity index (χ2n) is 16.0. The first-order valence-corrected chi connectivity index (χ1v) is 24.3. The minimum Gasteiger partial charge on any atom is -0.756 e. The van der Waals surface area contributed by atoms with Crippen LogP contribution in [0, 0.1) is 0 Å². The normalized spacial score (nSPS) is 14.3. The predicted octanol–water partition coefficient (Wildman–Crippen LogP) is 12.6. The summed E-state index contributed by atoms with van der Waals surface area (Å²) in [5.74, 6) is -0.949. The summed E-state index contributed by atoms with van der Waals surface area (Å²) < 4.78 is 33.8. The van der Waals surface area contributed by atoms with E-state index in [0.29, 0.717) is 23.9 Å². The molecule has 0 heterocycles. The molecule has 0 saturated carbocycles. The maximum Gasteiger partial charge on any atom is 0.306 e. The Balaban J connectivity index is 4.50. The molecule has 10 heteroatoms. The molecule has 0 aromatic rings. The third-order valence-corrected chi connectivity index (χ3v) is 10.1. The molecule has 0 aromatic carbocycles. The highest BCUT2D eigenvalue weighted by Gasteiger charge is 2.21. The minimum atomic E-state index is -4.65. The van der Waals surface area contributed by atoms with E-state index in [-0.39, 0.29) is 26.1 Å². The average Bonchev–Trinajstić information content (AvgIpc) is 3.19. The fourth-order valence-electron chi connectivity index (χ4n) is 5.61. The summed E-state index contributed by atoms with van der Waals surface area (Å²) >= 11 is 0. The number of quaternary nitrogens is 1. The summed E-state index contributed by atoms with van der Waals surface area (Å²) in [7, 11) is 1.10. The number of hydrogen-bond donors (Lipinski definition) is 0. The number of hydrogen-bond acceptors (Lipinski definition) is 8. The zero-order valence-corrected chi connectivity index (χ0v) is 38.8. The van der Waals surface area contributed by atoms with Crippen molar-refractivity contribution < 1.29 is 42.1 Å². The van der Waals surface area contributed by atoms with Crippen LogP contribution in [0.4, 0.5) is 0 Å². The van der Waals surface area contributed by atoms with Gasteiger partial charge in [-0.25, -0.2) is 0 Å². The van der Waals surface area contributed by atoms with Crippen molar-refractivity contribution in [2.75, 3.05) is 47.5 Å². The third kappa shape index (κ3) is 44.6. The van der Waals surface area contributed by atoms with E-state index in [0.717, 1.165) is 70.6 Å². The lowest BCUT2D eigenvalue weighted by Gasteiger charge is -2.28. The van der Waals surface area contributed by atoms with E-state index in [4.69, 9.17) is 18.5 Å². The van der Waals surface area contributed by atoms with Crippen molar-refractivity contribution >= 4 is 19.8 Å². The van der Waals surface area contributed by atoms with Crippen molar-refractivity contribution in [1.29, 1.82) is 0 Å². The van der Waals surface area contributed by atoms with E-state index >= 15 is 0 Å². The summed E-state index contributed by atoms with van der Waals surface area (Å²) in [6, 6.07) is 0. The second-order valence-corrected chi connectivity index (χ2v) is 17.4. The number of ether oxygens (including phenoxy) is 2. The van der Waals surface area contributed by atoms with E-state index in [9.17, 15) is 19.0 Å². The van der Waals surface area contributed by atoms with Crippen LogP contribution in [0.25, 0.3) is 0 Å². The van der Waals surface area contributed by atoms with Crippen molar-refractivity contribution in [1.82, 2.24) is 0 Å². The maximum absolute atomic E-state index is 12.7. The van der Waals surface area contributed by atoms with E-state index in [2.05, 4.69) is 86.8 Å². The van der Waals surface area contributed by atoms with Crippen LogP contribution in [0.3, 0.4) is 0 Å². The number of nitrogens with zero attached hydrogens (tertiary/aromatic N) is 1. The average molecular weight is 846 g/mol. The van der Waals surface area contributed by atoms with Crippen LogP contribution in [0.5, 0.6) is 0 Å². The van der Waals surface area contributed by atoms with E-state index in [1.807, 2.05) is 33.3 Å². The topological polar surface area (TPSA) is 111 Å². The molecule has 9 nitrogen and oxygen atoms in total. The molecule has 0 bridgehead atoms. The number of allylic oxidation sites excluding steroid dienone is 14. The monoisotopic (exact) mass is 846 g/mol. The molecule has 0 aliphatic rings. The molecule has 0 fully saturated rings. The van der Waals surface area contributed by atoms with Crippen molar-refractivity contribution in [2.24, 2.45) is 0 Å². The van der Waals surface area contributed by atoms with Crippen LogP contribution in [-0.4, -0.2) is 70.0 Å². The molecular weight excluding hydrogens is 762 g/mol. The van der Waals surface area contributed by atoms with Crippen LogP contribution in [-0.2, 0) is 32.7 Å². The zero-order valence-electron chi connectivity index (χ0n) is 37.9. The number of rotatable bonds is 40. The standard InChI is InChI=1S/C49H84NO8P/c1-6-8-10-12-14-16-18-20-22-24-25-26-28-30-32-34-36-38-40-42-49(52)58-47(46-57-59(53,54)56-44-43-50(3,4)5)45-55-48(51)41-39-37-35-33-31-29-27-23-21-19-17-15-13-11-9-7-2/h8,10,14,16,20,22-23,25-27,30,32,36,38,47H,6-7,9,11-13,15,17-19,21,24,28-29,31,33-35,37,39-46H2,1-5H3/b10-8-,16-14-,22-20-,26-25-,27-23-,32-30-,38-36-. The van der Waals surface area contributed by atoms with Crippen molar-refractivity contribution in [3.63, 3.8) is 0 Å². The highest BCUT2D eigenvalue weighted by molar-refractivity contribution is 7.45. The van der Waals surface area contributed by atoms with Gasteiger partial charge in [0, 0.05) is 12.8 Å². The van der Waals surface area contributed by atoms with Crippen molar-refractivity contribution in [2.45, 2.75) is 168 Å². The molecule has 0 rings (SSSR count). The number of carbonyl (C=O) groups is 2. The fraction of sp³-hybridized carbons (Fsp3) is 0.673. The highest BCUT2D eigenvalue weighted by atomic mass is 31.2. The molecule has 338 valence electrons. The lowest BCUT2D eigenvalue weighted by atomic mass is 10.1. The van der Waals surface area contributed by atoms with Crippen LogP contribution >= 0.6 is 7.82 Å². The lowest BCUT2D eigenvalue weighted by molar-refractivity contribution is -0.870. The van der Waals surface area contributed by atoms with Gasteiger partial charge < -0.3 is 27.9 Å². The molecular formula is C49H84NO8P. The van der Waals surface area contributed by atoms with Crippen LogP contribution in [0.2, 0.25) is 0 Å². The first kappa shape index (κ1) is 56.2. The van der Waals surface area contributed by atoms with Gasteiger partial charge in [0.05, 0.1) is 27.7 Å². The fourth-order valence-corrected chi connectivity index (χ4v) is 6.34. The van der Waals surface area contributed by atoms with Gasteiger partial charge in [-0.05, 0) is 77.0 Å². The summed E-state index contributed by atoms with van der Waals surface area (Å²) in [5.41, 5.74) is 0. The van der Waals surface area contributed by atoms with Gasteiger partial charge in [0.25, 0.3) is 7.82 Å². The Morgan fingerprint density at radius 1 is 0.542 bits per heavy atom. The largest absolute Gasteiger partial charge is 0.756 e. The van der Waals surface area contributed by atoms with Gasteiger partial charge in [-0.2, -0.15) is 0 Å². The van der Waals surface area contributed by atoms with Crippen LogP contribution in [0.15, 0.2) is 85.1 Å². The van der Waals surface area contributed by atoms with Gasteiger partial charge in [0.15, 0.2) is 6.10 Å².